The van der Waals surface area contributed by atoms with E-state index in [1.807, 2.05) is 24.8 Å². The van der Waals surface area contributed by atoms with Gasteiger partial charge in [0.15, 0.2) is 0 Å². The SMILES string of the molecule is CC1CSCCN1c1ccc(F)cc1[C@@H](C)N. The molecule has 0 aromatic heterocycles. The van der Waals surface area contributed by atoms with Crippen molar-refractivity contribution >= 4 is 17.4 Å². The molecule has 17 heavy (non-hydrogen) atoms. The minimum Gasteiger partial charge on any atom is -0.367 e. The normalized spacial score (nSPS) is 22.6. The van der Waals surface area contributed by atoms with E-state index < -0.39 is 0 Å². The maximum Gasteiger partial charge on any atom is 0.123 e. The molecule has 1 fully saturated rings. The molecule has 1 unspecified atom stereocenters. The highest BCUT2D eigenvalue weighted by Crippen LogP contribution is 2.30. The Kier molecular flexibility index (Phi) is 3.94. The Morgan fingerprint density at radius 3 is 2.94 bits per heavy atom. The van der Waals surface area contributed by atoms with Gasteiger partial charge in [0, 0.05) is 35.8 Å². The van der Waals surface area contributed by atoms with Crippen molar-refractivity contribution in [3.05, 3.63) is 29.6 Å². The third-order valence-electron chi connectivity index (χ3n) is 3.16. The smallest absolute Gasteiger partial charge is 0.123 e. The number of halogens is 1. The zero-order chi connectivity index (χ0) is 12.4. The molecule has 1 aliphatic rings. The number of hydrogen-bond acceptors (Lipinski definition) is 3. The maximum absolute atomic E-state index is 13.3. The van der Waals surface area contributed by atoms with Crippen molar-refractivity contribution in [1.82, 2.24) is 0 Å². The van der Waals surface area contributed by atoms with Crippen LogP contribution in [-0.2, 0) is 0 Å². The molecule has 1 aliphatic heterocycles. The predicted octanol–water partition coefficient (Wildman–Crippen LogP) is 2.79. The Morgan fingerprint density at radius 1 is 1.53 bits per heavy atom. The number of hydrogen-bond donors (Lipinski definition) is 1. The molecule has 2 nitrogen and oxygen atoms in total. The molecule has 2 atom stereocenters. The summed E-state index contributed by atoms with van der Waals surface area (Å²) in [5, 5.41) is 0. The predicted molar refractivity (Wildman–Crippen MR) is 73.1 cm³/mol. The van der Waals surface area contributed by atoms with Crippen molar-refractivity contribution in [2.45, 2.75) is 25.9 Å². The Bertz CT molecular complexity index is 395. The summed E-state index contributed by atoms with van der Waals surface area (Å²) in [4.78, 5) is 2.34. The first-order valence-electron chi connectivity index (χ1n) is 5.99. The molecule has 0 aliphatic carbocycles. The zero-order valence-corrected chi connectivity index (χ0v) is 11.1. The van der Waals surface area contributed by atoms with Crippen molar-refractivity contribution in [1.29, 1.82) is 0 Å². The third kappa shape index (κ3) is 2.75. The first-order chi connectivity index (χ1) is 8.09. The maximum atomic E-state index is 13.3. The molecule has 1 heterocycles. The largest absolute Gasteiger partial charge is 0.367 e. The molecular formula is C13H19FN2S. The highest BCUT2D eigenvalue weighted by atomic mass is 32.2. The van der Waals surface area contributed by atoms with Crippen molar-refractivity contribution in [2.75, 3.05) is 23.0 Å². The Balaban J connectivity index is 2.36. The summed E-state index contributed by atoms with van der Waals surface area (Å²) in [5.74, 6) is 2.04. The molecule has 1 aromatic carbocycles. The molecule has 4 heteroatoms. The number of nitrogens with two attached hydrogens (primary N) is 1. The van der Waals surface area contributed by atoms with Crippen molar-refractivity contribution in [2.24, 2.45) is 5.73 Å². The molecule has 0 radical (unpaired) electrons. The third-order valence-corrected chi connectivity index (χ3v) is 4.35. The fourth-order valence-corrected chi connectivity index (χ4v) is 3.25. The second kappa shape index (κ2) is 5.27. The van der Waals surface area contributed by atoms with Gasteiger partial charge in [-0.05, 0) is 37.6 Å². The first kappa shape index (κ1) is 12.7. The number of thioether (sulfide) groups is 1. The van der Waals surface area contributed by atoms with Crippen LogP contribution in [0, 0.1) is 5.82 Å². The summed E-state index contributed by atoms with van der Waals surface area (Å²) in [7, 11) is 0. The molecule has 0 spiro atoms. The summed E-state index contributed by atoms with van der Waals surface area (Å²) in [5.41, 5.74) is 7.94. The highest BCUT2D eigenvalue weighted by Gasteiger charge is 2.22. The Hall–Kier alpha value is -0.740. The van der Waals surface area contributed by atoms with Crippen LogP contribution in [0.25, 0.3) is 0 Å². The van der Waals surface area contributed by atoms with E-state index in [1.165, 1.54) is 6.07 Å². The fraction of sp³-hybridized carbons (Fsp3) is 0.538. The van der Waals surface area contributed by atoms with Crippen molar-refractivity contribution in [3.8, 4) is 0 Å². The van der Waals surface area contributed by atoms with E-state index in [0.29, 0.717) is 6.04 Å². The minimum atomic E-state index is -0.208. The quantitative estimate of drug-likeness (QED) is 0.880. The van der Waals surface area contributed by atoms with Crippen LogP contribution in [0.5, 0.6) is 0 Å². The number of rotatable bonds is 2. The minimum absolute atomic E-state index is 0.137. The second-order valence-electron chi connectivity index (χ2n) is 4.61. The zero-order valence-electron chi connectivity index (χ0n) is 10.3. The van der Waals surface area contributed by atoms with E-state index in [1.54, 1.807) is 6.07 Å². The lowest BCUT2D eigenvalue weighted by molar-refractivity contribution is 0.619. The molecular weight excluding hydrogens is 235 g/mol. The van der Waals surface area contributed by atoms with Crippen LogP contribution in [-0.4, -0.2) is 24.1 Å². The highest BCUT2D eigenvalue weighted by molar-refractivity contribution is 7.99. The van der Waals surface area contributed by atoms with Crippen LogP contribution < -0.4 is 10.6 Å². The lowest BCUT2D eigenvalue weighted by Crippen LogP contribution is -2.41. The van der Waals surface area contributed by atoms with Crippen LogP contribution in [0.15, 0.2) is 18.2 Å². The number of anilines is 1. The van der Waals surface area contributed by atoms with E-state index in [2.05, 4.69) is 11.8 Å². The van der Waals surface area contributed by atoms with E-state index in [9.17, 15) is 4.39 Å². The Labute approximate surface area is 106 Å². The van der Waals surface area contributed by atoms with Crippen molar-refractivity contribution < 1.29 is 4.39 Å². The number of nitrogens with zero attached hydrogens (tertiary/aromatic N) is 1. The van der Waals surface area contributed by atoms with E-state index in [0.717, 1.165) is 29.3 Å². The van der Waals surface area contributed by atoms with Gasteiger partial charge < -0.3 is 10.6 Å². The summed E-state index contributed by atoms with van der Waals surface area (Å²) in [6, 6.07) is 5.30. The summed E-state index contributed by atoms with van der Waals surface area (Å²) in [6.45, 7) is 5.12. The van der Waals surface area contributed by atoms with E-state index in [4.69, 9.17) is 5.73 Å². The van der Waals surface area contributed by atoms with Gasteiger partial charge in [-0.3, -0.25) is 0 Å². The molecule has 1 saturated heterocycles. The van der Waals surface area contributed by atoms with E-state index >= 15 is 0 Å². The van der Waals surface area contributed by atoms with Gasteiger partial charge in [0.1, 0.15) is 5.82 Å². The molecule has 0 bridgehead atoms. The van der Waals surface area contributed by atoms with E-state index in [-0.39, 0.29) is 11.9 Å². The van der Waals surface area contributed by atoms with Gasteiger partial charge in [0.2, 0.25) is 0 Å². The van der Waals surface area contributed by atoms with Crippen LogP contribution in [0.2, 0.25) is 0 Å². The monoisotopic (exact) mass is 254 g/mol. The van der Waals surface area contributed by atoms with Crippen LogP contribution in [0.3, 0.4) is 0 Å². The van der Waals surface area contributed by atoms with Gasteiger partial charge in [-0.15, -0.1) is 0 Å². The van der Waals surface area contributed by atoms with Gasteiger partial charge in [-0.25, -0.2) is 4.39 Å². The summed E-state index contributed by atoms with van der Waals surface area (Å²) < 4.78 is 13.3. The molecule has 94 valence electrons. The fourth-order valence-electron chi connectivity index (χ4n) is 2.24. The summed E-state index contributed by atoms with van der Waals surface area (Å²) >= 11 is 1.97. The Morgan fingerprint density at radius 2 is 2.29 bits per heavy atom. The van der Waals surface area contributed by atoms with Gasteiger partial charge in [0.25, 0.3) is 0 Å². The van der Waals surface area contributed by atoms with Gasteiger partial charge in [-0.2, -0.15) is 11.8 Å². The standard InChI is InChI=1S/C13H19FN2S/c1-9-8-17-6-5-16(9)13-4-3-11(14)7-12(13)10(2)15/h3-4,7,9-10H,5-6,8,15H2,1-2H3/t9?,10-/m1/s1. The average molecular weight is 254 g/mol. The lowest BCUT2D eigenvalue weighted by Gasteiger charge is -2.36. The van der Waals surface area contributed by atoms with Crippen molar-refractivity contribution in [3.63, 3.8) is 0 Å². The average Bonchev–Trinajstić information content (AvgIpc) is 2.30. The van der Waals surface area contributed by atoms with Crippen LogP contribution in [0.1, 0.15) is 25.5 Å². The lowest BCUT2D eigenvalue weighted by atomic mass is 10.0. The molecule has 1 aromatic rings. The second-order valence-corrected chi connectivity index (χ2v) is 5.76. The number of benzene rings is 1. The molecule has 0 saturated carbocycles. The topological polar surface area (TPSA) is 29.3 Å². The molecule has 0 amide bonds. The van der Waals surface area contributed by atoms with Gasteiger partial charge in [-0.1, -0.05) is 0 Å². The molecule has 2 rings (SSSR count). The van der Waals surface area contributed by atoms with Gasteiger partial charge in [0.05, 0.1) is 0 Å². The molecule has 2 N–H and O–H groups in total. The van der Waals surface area contributed by atoms with Gasteiger partial charge >= 0.3 is 0 Å². The first-order valence-corrected chi connectivity index (χ1v) is 7.14. The summed E-state index contributed by atoms with van der Waals surface area (Å²) in [6.07, 6.45) is 0. The van der Waals surface area contributed by atoms with Crippen LogP contribution in [0.4, 0.5) is 10.1 Å². The van der Waals surface area contributed by atoms with Crippen LogP contribution >= 0.6 is 11.8 Å².